The summed E-state index contributed by atoms with van der Waals surface area (Å²) in [7, 11) is 1.81. The van der Waals surface area contributed by atoms with Crippen LogP contribution in [0.1, 0.15) is 21.9 Å². The summed E-state index contributed by atoms with van der Waals surface area (Å²) in [6, 6.07) is 6.28. The highest BCUT2D eigenvalue weighted by Crippen LogP contribution is 2.36. The first-order chi connectivity index (χ1) is 12.4. The molecule has 1 aromatic carbocycles. The lowest BCUT2D eigenvalue weighted by molar-refractivity contribution is 0.0919. The highest BCUT2D eigenvalue weighted by Gasteiger charge is 2.14. The predicted molar refractivity (Wildman–Crippen MR) is 98.9 cm³/mol. The van der Waals surface area contributed by atoms with Crippen LogP contribution in [0, 0.1) is 0 Å². The Morgan fingerprint density at radius 1 is 1.27 bits per heavy atom. The molecule has 0 aliphatic carbocycles. The van der Waals surface area contributed by atoms with Gasteiger partial charge in [0.1, 0.15) is 12.4 Å². The summed E-state index contributed by atoms with van der Waals surface area (Å²) in [5.41, 5.74) is 0.892. The summed E-state index contributed by atoms with van der Waals surface area (Å²) in [5, 5.41) is 7.80. The first-order valence-corrected chi connectivity index (χ1v) is 8.67. The van der Waals surface area contributed by atoms with Crippen molar-refractivity contribution in [2.45, 2.75) is 13.2 Å². The van der Waals surface area contributed by atoms with Crippen molar-refractivity contribution >= 4 is 40.7 Å². The summed E-state index contributed by atoms with van der Waals surface area (Å²) in [4.78, 5) is 12.1. The van der Waals surface area contributed by atoms with Crippen LogP contribution in [0.25, 0.3) is 0 Å². The lowest BCUT2D eigenvalue weighted by Gasteiger charge is -2.09. The van der Waals surface area contributed by atoms with Gasteiger partial charge in [-0.25, -0.2) is 0 Å². The molecule has 1 N–H and O–H groups in total. The van der Waals surface area contributed by atoms with Crippen molar-refractivity contribution in [3.63, 3.8) is 0 Å². The number of carbonyl (C=O) groups excluding carboxylic acids is 1. The van der Waals surface area contributed by atoms with Crippen LogP contribution in [0.5, 0.6) is 5.75 Å². The second-order valence-corrected chi connectivity index (χ2v) is 6.71. The van der Waals surface area contributed by atoms with Crippen LogP contribution in [0.3, 0.4) is 0 Å². The highest BCUT2D eigenvalue weighted by atomic mass is 35.5. The monoisotopic (exact) mass is 413 g/mol. The lowest BCUT2D eigenvalue weighted by Crippen LogP contribution is -2.22. The van der Waals surface area contributed by atoms with Crippen LogP contribution >= 0.6 is 34.8 Å². The number of carbonyl (C=O) groups is 1. The molecule has 136 valence electrons. The summed E-state index contributed by atoms with van der Waals surface area (Å²) in [6.45, 7) is 0.423. The second-order valence-electron chi connectivity index (χ2n) is 5.46. The van der Waals surface area contributed by atoms with Gasteiger partial charge >= 0.3 is 0 Å². The van der Waals surface area contributed by atoms with Gasteiger partial charge in [0.15, 0.2) is 11.5 Å². The normalized spacial score (nSPS) is 10.8. The molecule has 3 aromatic rings. The van der Waals surface area contributed by atoms with Crippen molar-refractivity contribution in [3.8, 4) is 5.75 Å². The highest BCUT2D eigenvalue weighted by molar-refractivity contribution is 6.40. The number of hydrogen-bond acceptors (Lipinski definition) is 4. The molecule has 2 heterocycles. The van der Waals surface area contributed by atoms with E-state index in [2.05, 4.69) is 10.4 Å². The quantitative estimate of drug-likeness (QED) is 0.645. The van der Waals surface area contributed by atoms with Gasteiger partial charge in [0.05, 0.1) is 16.2 Å². The van der Waals surface area contributed by atoms with Crippen LogP contribution in [0.15, 0.2) is 41.1 Å². The summed E-state index contributed by atoms with van der Waals surface area (Å²) >= 11 is 18.0. The van der Waals surface area contributed by atoms with Gasteiger partial charge in [-0.2, -0.15) is 5.10 Å². The molecule has 0 saturated carbocycles. The van der Waals surface area contributed by atoms with E-state index in [1.165, 1.54) is 12.1 Å². The number of nitrogens with one attached hydrogen (secondary N) is 1. The Morgan fingerprint density at radius 2 is 2.00 bits per heavy atom. The predicted octanol–water partition coefficient (Wildman–Crippen LogP) is 4.48. The van der Waals surface area contributed by atoms with E-state index in [1.54, 1.807) is 23.0 Å². The molecule has 0 aliphatic heterocycles. The maximum absolute atomic E-state index is 12.1. The average molecular weight is 415 g/mol. The zero-order valence-corrected chi connectivity index (χ0v) is 15.9. The lowest BCUT2D eigenvalue weighted by atomic mass is 10.3. The Bertz CT molecular complexity index is 913. The Balaban J connectivity index is 1.58. The molecule has 0 spiro atoms. The third kappa shape index (κ3) is 4.52. The number of amides is 1. The van der Waals surface area contributed by atoms with E-state index in [0.29, 0.717) is 33.1 Å². The minimum atomic E-state index is -0.331. The second kappa shape index (κ2) is 8.03. The number of benzene rings is 1. The summed E-state index contributed by atoms with van der Waals surface area (Å²) < 4.78 is 12.7. The third-order valence-electron chi connectivity index (χ3n) is 3.42. The van der Waals surface area contributed by atoms with Gasteiger partial charge in [-0.15, -0.1) is 0 Å². The smallest absolute Gasteiger partial charge is 0.287 e. The maximum atomic E-state index is 12.1. The average Bonchev–Trinajstić information content (AvgIpc) is 3.20. The van der Waals surface area contributed by atoms with Gasteiger partial charge in [-0.3, -0.25) is 9.48 Å². The fraction of sp³-hybridized carbons (Fsp3) is 0.176. The Labute approximate surface area is 164 Å². The van der Waals surface area contributed by atoms with E-state index < -0.39 is 0 Å². The molecule has 0 saturated heterocycles. The van der Waals surface area contributed by atoms with Crippen molar-refractivity contribution in [2.75, 3.05) is 0 Å². The van der Waals surface area contributed by atoms with Gasteiger partial charge in [0, 0.05) is 30.4 Å². The summed E-state index contributed by atoms with van der Waals surface area (Å²) in [5.74, 6) is 0.610. The Morgan fingerprint density at radius 3 is 2.65 bits per heavy atom. The number of aromatic nitrogens is 2. The van der Waals surface area contributed by atoms with Crippen molar-refractivity contribution in [1.82, 2.24) is 15.1 Å². The number of rotatable bonds is 6. The summed E-state index contributed by atoms with van der Waals surface area (Å²) in [6.07, 6.45) is 3.50. The molecule has 0 atom stereocenters. The van der Waals surface area contributed by atoms with Gasteiger partial charge < -0.3 is 14.5 Å². The SMILES string of the molecule is Cn1cc(CNC(=O)c2ccc(COc3c(Cl)cc(Cl)cc3Cl)o2)cn1. The Hall–Kier alpha value is -2.15. The fourth-order valence-corrected chi connectivity index (χ4v) is 3.15. The molecule has 0 bridgehead atoms. The molecule has 6 nitrogen and oxygen atoms in total. The minimum absolute atomic E-state index is 0.0664. The maximum Gasteiger partial charge on any atom is 0.287 e. The number of furan rings is 1. The van der Waals surface area contributed by atoms with E-state index in [4.69, 9.17) is 44.0 Å². The van der Waals surface area contributed by atoms with Gasteiger partial charge in [-0.05, 0) is 24.3 Å². The molecule has 0 fully saturated rings. The van der Waals surface area contributed by atoms with Gasteiger partial charge in [0.25, 0.3) is 5.91 Å². The first kappa shape index (κ1) is 18.6. The first-order valence-electron chi connectivity index (χ1n) is 7.54. The molecule has 0 radical (unpaired) electrons. The van der Waals surface area contributed by atoms with Crippen molar-refractivity contribution in [1.29, 1.82) is 0 Å². The standard InChI is InChI=1S/C17H14Cl3N3O3/c1-23-8-10(7-22-23)6-21-17(24)15-3-2-12(26-15)9-25-16-13(19)4-11(18)5-14(16)20/h2-5,7-8H,6,9H2,1H3,(H,21,24). The molecule has 26 heavy (non-hydrogen) atoms. The van der Waals surface area contributed by atoms with Gasteiger partial charge in [0.2, 0.25) is 0 Å². The van der Waals surface area contributed by atoms with Crippen LogP contribution in [-0.4, -0.2) is 15.7 Å². The minimum Gasteiger partial charge on any atom is -0.483 e. The molecular weight excluding hydrogens is 401 g/mol. The van der Waals surface area contributed by atoms with Crippen LogP contribution in [-0.2, 0) is 20.2 Å². The molecule has 0 unspecified atom stereocenters. The Kier molecular flexibility index (Phi) is 5.76. The number of ether oxygens (including phenoxy) is 1. The molecule has 2 aromatic heterocycles. The van der Waals surface area contributed by atoms with Gasteiger partial charge in [-0.1, -0.05) is 34.8 Å². The number of halogens is 3. The largest absolute Gasteiger partial charge is 0.483 e. The number of aryl methyl sites for hydroxylation is 1. The number of hydrogen-bond donors (Lipinski definition) is 1. The van der Waals surface area contributed by atoms with E-state index in [1.807, 2.05) is 13.2 Å². The third-order valence-corrected chi connectivity index (χ3v) is 4.20. The van der Waals surface area contributed by atoms with Crippen LogP contribution < -0.4 is 10.1 Å². The van der Waals surface area contributed by atoms with Crippen LogP contribution in [0.4, 0.5) is 0 Å². The fourth-order valence-electron chi connectivity index (χ4n) is 2.22. The van der Waals surface area contributed by atoms with E-state index >= 15 is 0 Å². The molecule has 0 aliphatic rings. The van der Waals surface area contributed by atoms with E-state index in [0.717, 1.165) is 5.56 Å². The van der Waals surface area contributed by atoms with Crippen molar-refractivity contribution < 1.29 is 13.9 Å². The van der Waals surface area contributed by atoms with Crippen molar-refractivity contribution in [3.05, 3.63) is 68.8 Å². The number of nitrogens with zero attached hydrogens (tertiary/aromatic N) is 2. The zero-order chi connectivity index (χ0) is 18.7. The molecule has 9 heteroatoms. The molecular formula is C17H14Cl3N3O3. The molecule has 3 rings (SSSR count). The van der Waals surface area contributed by atoms with Crippen molar-refractivity contribution in [2.24, 2.45) is 7.05 Å². The topological polar surface area (TPSA) is 69.3 Å². The zero-order valence-electron chi connectivity index (χ0n) is 13.6. The van der Waals surface area contributed by atoms with E-state index in [-0.39, 0.29) is 18.3 Å². The van der Waals surface area contributed by atoms with Crippen LogP contribution in [0.2, 0.25) is 15.1 Å². The van der Waals surface area contributed by atoms with E-state index in [9.17, 15) is 4.79 Å². The molecule has 1 amide bonds.